The molecule has 0 atom stereocenters. The molecule has 1 aliphatic rings. The van der Waals surface area contributed by atoms with Crippen LogP contribution in [0.25, 0.3) is 0 Å². The number of aryl methyl sites for hydroxylation is 1. The van der Waals surface area contributed by atoms with Gasteiger partial charge in [0.2, 0.25) is 0 Å². The highest BCUT2D eigenvalue weighted by molar-refractivity contribution is 5.74. The SMILES string of the molecule is O=C(O)N1CCN(C(=O)NCCCc2c[nH]cn2)CC1. The topological polar surface area (TPSA) is 102 Å². The summed E-state index contributed by atoms with van der Waals surface area (Å²) in [6, 6.07) is -0.128. The van der Waals surface area contributed by atoms with E-state index in [9.17, 15) is 9.59 Å². The highest BCUT2D eigenvalue weighted by atomic mass is 16.4. The van der Waals surface area contributed by atoms with E-state index in [-0.39, 0.29) is 6.03 Å². The first-order valence-electron chi connectivity index (χ1n) is 6.65. The number of aromatic nitrogens is 2. The molecule has 110 valence electrons. The van der Waals surface area contributed by atoms with Gasteiger partial charge < -0.3 is 25.2 Å². The second-order valence-electron chi connectivity index (χ2n) is 4.65. The van der Waals surface area contributed by atoms with Crippen LogP contribution in [0.3, 0.4) is 0 Å². The molecule has 3 N–H and O–H groups in total. The predicted octanol–water partition coefficient (Wildman–Crippen LogP) is 0.347. The fourth-order valence-electron chi connectivity index (χ4n) is 2.11. The van der Waals surface area contributed by atoms with Gasteiger partial charge in [0.15, 0.2) is 0 Å². The zero-order chi connectivity index (χ0) is 14.4. The molecular weight excluding hydrogens is 262 g/mol. The van der Waals surface area contributed by atoms with Gasteiger partial charge in [0.05, 0.1) is 12.0 Å². The number of hydrogen-bond acceptors (Lipinski definition) is 3. The van der Waals surface area contributed by atoms with Gasteiger partial charge in [-0.2, -0.15) is 0 Å². The Balaban J connectivity index is 1.62. The van der Waals surface area contributed by atoms with Crippen LogP contribution in [0, 0.1) is 0 Å². The molecular formula is C12H19N5O3. The van der Waals surface area contributed by atoms with Crippen molar-refractivity contribution in [1.29, 1.82) is 0 Å². The van der Waals surface area contributed by atoms with Gasteiger partial charge in [-0.25, -0.2) is 14.6 Å². The van der Waals surface area contributed by atoms with Crippen LogP contribution in [0.2, 0.25) is 0 Å². The first-order chi connectivity index (χ1) is 9.66. The fraction of sp³-hybridized carbons (Fsp3) is 0.583. The van der Waals surface area contributed by atoms with E-state index in [1.807, 2.05) is 6.20 Å². The van der Waals surface area contributed by atoms with Crippen molar-refractivity contribution in [3.63, 3.8) is 0 Å². The van der Waals surface area contributed by atoms with E-state index in [1.165, 1.54) is 4.90 Å². The normalized spacial score (nSPS) is 15.2. The van der Waals surface area contributed by atoms with E-state index < -0.39 is 6.09 Å². The van der Waals surface area contributed by atoms with Crippen molar-refractivity contribution >= 4 is 12.1 Å². The third-order valence-electron chi connectivity index (χ3n) is 3.28. The van der Waals surface area contributed by atoms with Crippen molar-refractivity contribution < 1.29 is 14.7 Å². The molecule has 0 radical (unpaired) electrons. The number of carboxylic acid groups (broad SMARTS) is 1. The molecule has 3 amide bonds. The monoisotopic (exact) mass is 281 g/mol. The van der Waals surface area contributed by atoms with Crippen molar-refractivity contribution in [1.82, 2.24) is 25.1 Å². The van der Waals surface area contributed by atoms with Gasteiger partial charge >= 0.3 is 12.1 Å². The average molecular weight is 281 g/mol. The van der Waals surface area contributed by atoms with E-state index in [2.05, 4.69) is 15.3 Å². The van der Waals surface area contributed by atoms with Crippen molar-refractivity contribution in [2.24, 2.45) is 0 Å². The maximum absolute atomic E-state index is 11.9. The molecule has 1 saturated heterocycles. The number of nitrogens with one attached hydrogen (secondary N) is 2. The number of nitrogens with zero attached hydrogens (tertiary/aromatic N) is 3. The molecule has 0 saturated carbocycles. The summed E-state index contributed by atoms with van der Waals surface area (Å²) in [5.74, 6) is 0. The van der Waals surface area contributed by atoms with Gasteiger partial charge in [0.1, 0.15) is 0 Å². The van der Waals surface area contributed by atoms with Crippen molar-refractivity contribution in [3.05, 3.63) is 18.2 Å². The minimum atomic E-state index is -0.927. The van der Waals surface area contributed by atoms with Gasteiger partial charge in [-0.3, -0.25) is 0 Å². The number of carbonyl (C=O) groups is 2. The second-order valence-corrected chi connectivity index (χ2v) is 4.65. The Hall–Kier alpha value is -2.25. The van der Waals surface area contributed by atoms with Crippen molar-refractivity contribution in [3.8, 4) is 0 Å². The highest BCUT2D eigenvalue weighted by Gasteiger charge is 2.23. The molecule has 2 heterocycles. The molecule has 0 bridgehead atoms. The highest BCUT2D eigenvalue weighted by Crippen LogP contribution is 2.02. The number of aromatic amines is 1. The average Bonchev–Trinajstić information content (AvgIpc) is 2.96. The maximum atomic E-state index is 11.9. The quantitative estimate of drug-likeness (QED) is 0.693. The molecule has 1 aromatic rings. The molecule has 0 unspecified atom stereocenters. The molecule has 1 aromatic heterocycles. The lowest BCUT2D eigenvalue weighted by Crippen LogP contribution is -2.53. The van der Waals surface area contributed by atoms with Crippen LogP contribution < -0.4 is 5.32 Å². The van der Waals surface area contributed by atoms with Gasteiger partial charge in [-0.15, -0.1) is 0 Å². The van der Waals surface area contributed by atoms with Crippen LogP contribution >= 0.6 is 0 Å². The van der Waals surface area contributed by atoms with E-state index in [1.54, 1.807) is 11.2 Å². The standard InChI is InChI=1S/C12H19N5O3/c18-11(14-3-1-2-10-8-13-9-15-10)16-4-6-17(7-5-16)12(19)20/h8-9H,1-7H2,(H,13,15)(H,14,18)(H,19,20). The minimum Gasteiger partial charge on any atom is -0.465 e. The number of amides is 3. The van der Waals surface area contributed by atoms with Crippen LogP contribution in [0.5, 0.6) is 0 Å². The van der Waals surface area contributed by atoms with Crippen LogP contribution in [0.4, 0.5) is 9.59 Å². The zero-order valence-electron chi connectivity index (χ0n) is 11.2. The zero-order valence-corrected chi connectivity index (χ0v) is 11.2. The number of hydrogen-bond donors (Lipinski definition) is 3. The lowest BCUT2D eigenvalue weighted by Gasteiger charge is -2.33. The van der Waals surface area contributed by atoms with Gasteiger partial charge in [-0.05, 0) is 12.8 Å². The summed E-state index contributed by atoms with van der Waals surface area (Å²) in [5.41, 5.74) is 0.981. The number of imidazole rings is 1. The smallest absolute Gasteiger partial charge is 0.407 e. The Kier molecular flexibility index (Phi) is 4.80. The van der Waals surface area contributed by atoms with Gasteiger partial charge in [-0.1, -0.05) is 0 Å². The Morgan fingerprint density at radius 2 is 2.00 bits per heavy atom. The second kappa shape index (κ2) is 6.78. The van der Waals surface area contributed by atoms with Crippen LogP contribution in [-0.4, -0.2) is 69.7 Å². The first-order valence-corrected chi connectivity index (χ1v) is 6.65. The van der Waals surface area contributed by atoms with Crippen LogP contribution in [-0.2, 0) is 6.42 Å². The number of rotatable bonds is 4. The molecule has 1 aliphatic heterocycles. The summed E-state index contributed by atoms with van der Waals surface area (Å²) in [7, 11) is 0. The molecule has 0 aromatic carbocycles. The molecule has 2 rings (SSSR count). The molecule has 1 fully saturated rings. The maximum Gasteiger partial charge on any atom is 0.407 e. The number of piperazine rings is 1. The van der Waals surface area contributed by atoms with E-state index >= 15 is 0 Å². The minimum absolute atomic E-state index is 0.128. The molecule has 20 heavy (non-hydrogen) atoms. The van der Waals surface area contributed by atoms with E-state index in [0.29, 0.717) is 32.7 Å². The molecule has 0 aliphatic carbocycles. The Labute approximate surface area is 116 Å². The van der Waals surface area contributed by atoms with E-state index in [4.69, 9.17) is 5.11 Å². The third-order valence-corrected chi connectivity index (χ3v) is 3.28. The lowest BCUT2D eigenvalue weighted by molar-refractivity contribution is 0.112. The molecule has 8 nitrogen and oxygen atoms in total. The van der Waals surface area contributed by atoms with Crippen molar-refractivity contribution in [2.75, 3.05) is 32.7 Å². The summed E-state index contributed by atoms with van der Waals surface area (Å²) in [4.78, 5) is 32.6. The number of H-pyrrole nitrogens is 1. The van der Waals surface area contributed by atoms with E-state index in [0.717, 1.165) is 18.5 Å². The molecule has 8 heteroatoms. The summed E-state index contributed by atoms with van der Waals surface area (Å²) in [5, 5.41) is 11.7. The summed E-state index contributed by atoms with van der Waals surface area (Å²) in [6.07, 6.45) is 4.19. The predicted molar refractivity (Wildman–Crippen MR) is 71.5 cm³/mol. The van der Waals surface area contributed by atoms with Gasteiger partial charge in [0, 0.05) is 38.9 Å². The number of carbonyl (C=O) groups excluding carboxylic acids is 1. The number of urea groups is 1. The Bertz CT molecular complexity index is 440. The van der Waals surface area contributed by atoms with Crippen LogP contribution in [0.1, 0.15) is 12.1 Å². The Morgan fingerprint density at radius 1 is 1.30 bits per heavy atom. The summed E-state index contributed by atoms with van der Waals surface area (Å²) < 4.78 is 0. The van der Waals surface area contributed by atoms with Crippen molar-refractivity contribution in [2.45, 2.75) is 12.8 Å². The molecule has 0 spiro atoms. The fourth-order valence-corrected chi connectivity index (χ4v) is 2.11. The summed E-state index contributed by atoms with van der Waals surface area (Å²) in [6.45, 7) is 2.21. The third kappa shape index (κ3) is 3.87. The van der Waals surface area contributed by atoms with Gasteiger partial charge in [0.25, 0.3) is 0 Å². The first kappa shape index (κ1) is 14.2. The Morgan fingerprint density at radius 3 is 2.60 bits per heavy atom. The largest absolute Gasteiger partial charge is 0.465 e. The lowest BCUT2D eigenvalue weighted by atomic mass is 10.2. The van der Waals surface area contributed by atoms with Crippen LogP contribution in [0.15, 0.2) is 12.5 Å². The summed E-state index contributed by atoms with van der Waals surface area (Å²) >= 11 is 0.